The number of hydrogen-bond acceptors (Lipinski definition) is 3. The summed E-state index contributed by atoms with van der Waals surface area (Å²) in [6, 6.07) is 12.5. The van der Waals surface area contributed by atoms with Gasteiger partial charge in [-0.25, -0.2) is 4.98 Å². The van der Waals surface area contributed by atoms with Gasteiger partial charge in [-0.1, -0.05) is 34.1 Å². The summed E-state index contributed by atoms with van der Waals surface area (Å²) in [5.41, 5.74) is 2.31. The number of rotatable bonds is 5. The van der Waals surface area contributed by atoms with Crippen molar-refractivity contribution in [3.05, 3.63) is 58.2 Å². The van der Waals surface area contributed by atoms with Gasteiger partial charge in [0.05, 0.1) is 7.11 Å². The van der Waals surface area contributed by atoms with Crippen LogP contribution in [-0.4, -0.2) is 12.1 Å². The average molecular weight is 321 g/mol. The number of hydrogen-bond donors (Lipinski definition) is 1. The van der Waals surface area contributed by atoms with E-state index in [1.165, 1.54) is 5.56 Å². The molecule has 1 unspecified atom stereocenters. The highest BCUT2D eigenvalue weighted by Gasteiger charge is 2.08. The van der Waals surface area contributed by atoms with E-state index in [2.05, 4.69) is 45.3 Å². The number of aromatic nitrogens is 1. The molecular weight excluding hydrogens is 304 g/mol. The van der Waals surface area contributed by atoms with Crippen LogP contribution in [0.5, 0.6) is 5.88 Å². The Kier molecular flexibility index (Phi) is 4.93. The minimum Gasteiger partial charge on any atom is -0.481 e. The lowest BCUT2D eigenvalue weighted by Crippen LogP contribution is -2.18. The molecule has 2 aromatic rings. The summed E-state index contributed by atoms with van der Waals surface area (Å²) in [5.74, 6) is 0.677. The fourth-order valence-corrected chi connectivity index (χ4v) is 2.32. The molecule has 0 aliphatic carbocycles. The lowest BCUT2D eigenvalue weighted by molar-refractivity contribution is 0.389. The average Bonchev–Trinajstić information content (AvgIpc) is 2.45. The van der Waals surface area contributed by atoms with Gasteiger partial charge in [-0.2, -0.15) is 0 Å². The number of benzene rings is 1. The molecule has 0 spiro atoms. The highest BCUT2D eigenvalue weighted by molar-refractivity contribution is 9.10. The zero-order valence-corrected chi connectivity index (χ0v) is 12.6. The van der Waals surface area contributed by atoms with E-state index in [0.717, 1.165) is 16.6 Å². The molecule has 2 rings (SSSR count). The van der Waals surface area contributed by atoms with Gasteiger partial charge in [-0.05, 0) is 30.7 Å². The first-order valence-electron chi connectivity index (χ1n) is 6.17. The van der Waals surface area contributed by atoms with Crippen molar-refractivity contribution in [2.45, 2.75) is 19.5 Å². The Hall–Kier alpha value is -1.39. The first-order valence-corrected chi connectivity index (χ1v) is 6.96. The second kappa shape index (κ2) is 6.68. The molecule has 19 heavy (non-hydrogen) atoms. The highest BCUT2D eigenvalue weighted by Crippen LogP contribution is 2.19. The van der Waals surface area contributed by atoms with E-state index in [1.807, 2.05) is 24.3 Å². The van der Waals surface area contributed by atoms with Gasteiger partial charge in [-0.3, -0.25) is 0 Å². The van der Waals surface area contributed by atoms with Gasteiger partial charge in [0.15, 0.2) is 0 Å². The van der Waals surface area contributed by atoms with Gasteiger partial charge in [0.25, 0.3) is 0 Å². The van der Waals surface area contributed by atoms with Crippen molar-refractivity contribution in [3.63, 3.8) is 0 Å². The SMILES string of the molecule is COc1ncccc1CNC(C)c1cccc(Br)c1. The van der Waals surface area contributed by atoms with Crippen LogP contribution in [0.4, 0.5) is 0 Å². The molecule has 1 aromatic carbocycles. The van der Waals surface area contributed by atoms with Gasteiger partial charge in [0, 0.05) is 28.8 Å². The molecule has 1 atom stereocenters. The maximum absolute atomic E-state index is 5.24. The molecule has 0 radical (unpaired) electrons. The largest absolute Gasteiger partial charge is 0.481 e. The summed E-state index contributed by atoms with van der Waals surface area (Å²) in [6.07, 6.45) is 1.74. The molecule has 0 saturated carbocycles. The fraction of sp³-hybridized carbons (Fsp3) is 0.267. The molecule has 1 aromatic heterocycles. The van der Waals surface area contributed by atoms with Gasteiger partial charge in [0.2, 0.25) is 5.88 Å². The second-order valence-electron chi connectivity index (χ2n) is 4.33. The fourth-order valence-electron chi connectivity index (χ4n) is 1.90. The molecule has 1 heterocycles. The van der Waals surface area contributed by atoms with Gasteiger partial charge in [0.1, 0.15) is 0 Å². The van der Waals surface area contributed by atoms with Crippen LogP contribution >= 0.6 is 15.9 Å². The van der Waals surface area contributed by atoms with Crippen LogP contribution in [0, 0.1) is 0 Å². The van der Waals surface area contributed by atoms with E-state index in [4.69, 9.17) is 4.74 Å². The van der Waals surface area contributed by atoms with E-state index >= 15 is 0 Å². The van der Waals surface area contributed by atoms with Crippen LogP contribution in [-0.2, 0) is 6.54 Å². The summed E-state index contributed by atoms with van der Waals surface area (Å²) in [6.45, 7) is 2.87. The van der Waals surface area contributed by atoms with Crippen molar-refractivity contribution in [2.75, 3.05) is 7.11 Å². The maximum Gasteiger partial charge on any atom is 0.217 e. The Morgan fingerprint density at radius 3 is 2.89 bits per heavy atom. The summed E-state index contributed by atoms with van der Waals surface area (Å²) in [7, 11) is 1.64. The third-order valence-electron chi connectivity index (χ3n) is 2.99. The van der Waals surface area contributed by atoms with Crippen LogP contribution in [0.1, 0.15) is 24.1 Å². The number of ether oxygens (including phenoxy) is 1. The minimum absolute atomic E-state index is 0.266. The molecule has 4 heteroatoms. The molecule has 0 saturated heterocycles. The Labute approximate surface area is 122 Å². The Bertz CT molecular complexity index is 545. The topological polar surface area (TPSA) is 34.1 Å². The van der Waals surface area contributed by atoms with Crippen LogP contribution in [0.3, 0.4) is 0 Å². The van der Waals surface area contributed by atoms with E-state index in [9.17, 15) is 0 Å². The number of methoxy groups -OCH3 is 1. The predicted octanol–water partition coefficient (Wildman–Crippen LogP) is 3.70. The van der Waals surface area contributed by atoms with E-state index in [1.54, 1.807) is 13.3 Å². The Morgan fingerprint density at radius 2 is 2.16 bits per heavy atom. The van der Waals surface area contributed by atoms with E-state index < -0.39 is 0 Å². The zero-order valence-electron chi connectivity index (χ0n) is 11.1. The standard InChI is InChI=1S/C15H17BrN2O/c1-11(12-5-3-7-14(16)9-12)18-10-13-6-4-8-17-15(13)19-2/h3-9,11,18H,10H2,1-2H3. The predicted molar refractivity (Wildman–Crippen MR) is 80.2 cm³/mol. The number of halogens is 1. The first kappa shape index (κ1) is 14.0. The summed E-state index contributed by atoms with van der Waals surface area (Å²) < 4.78 is 6.34. The Balaban J connectivity index is 2.02. The molecule has 0 aliphatic heterocycles. The van der Waals surface area contributed by atoms with E-state index in [0.29, 0.717) is 5.88 Å². The first-order chi connectivity index (χ1) is 9.20. The van der Waals surface area contributed by atoms with Crippen molar-refractivity contribution >= 4 is 15.9 Å². The number of nitrogens with zero attached hydrogens (tertiary/aromatic N) is 1. The molecule has 3 nitrogen and oxygen atoms in total. The van der Waals surface area contributed by atoms with Crippen LogP contribution in [0.25, 0.3) is 0 Å². The third kappa shape index (κ3) is 3.78. The lowest BCUT2D eigenvalue weighted by Gasteiger charge is -2.15. The summed E-state index contributed by atoms with van der Waals surface area (Å²) in [5, 5.41) is 3.48. The van der Waals surface area contributed by atoms with E-state index in [-0.39, 0.29) is 6.04 Å². The Morgan fingerprint density at radius 1 is 1.32 bits per heavy atom. The normalized spacial score (nSPS) is 12.2. The zero-order chi connectivity index (χ0) is 13.7. The van der Waals surface area contributed by atoms with Crippen molar-refractivity contribution in [2.24, 2.45) is 0 Å². The molecule has 0 amide bonds. The molecule has 1 N–H and O–H groups in total. The second-order valence-corrected chi connectivity index (χ2v) is 5.25. The lowest BCUT2D eigenvalue weighted by atomic mass is 10.1. The molecule has 0 bridgehead atoms. The van der Waals surface area contributed by atoms with Crippen LogP contribution in [0.15, 0.2) is 47.1 Å². The van der Waals surface area contributed by atoms with Crippen molar-refractivity contribution in [1.82, 2.24) is 10.3 Å². The maximum atomic E-state index is 5.24. The summed E-state index contributed by atoms with van der Waals surface area (Å²) in [4.78, 5) is 4.19. The van der Waals surface area contributed by atoms with Gasteiger partial charge in [-0.15, -0.1) is 0 Å². The minimum atomic E-state index is 0.266. The van der Waals surface area contributed by atoms with Crippen LogP contribution < -0.4 is 10.1 Å². The van der Waals surface area contributed by atoms with Crippen LogP contribution in [0.2, 0.25) is 0 Å². The van der Waals surface area contributed by atoms with Crippen molar-refractivity contribution in [3.8, 4) is 5.88 Å². The van der Waals surface area contributed by atoms with Crippen molar-refractivity contribution < 1.29 is 4.74 Å². The quantitative estimate of drug-likeness (QED) is 0.912. The highest BCUT2D eigenvalue weighted by atomic mass is 79.9. The monoisotopic (exact) mass is 320 g/mol. The van der Waals surface area contributed by atoms with Crippen molar-refractivity contribution in [1.29, 1.82) is 0 Å². The molecule has 0 fully saturated rings. The van der Waals surface area contributed by atoms with Gasteiger partial charge < -0.3 is 10.1 Å². The molecule has 0 aliphatic rings. The number of pyridine rings is 1. The smallest absolute Gasteiger partial charge is 0.217 e. The summed E-state index contributed by atoms with van der Waals surface area (Å²) >= 11 is 3.49. The third-order valence-corrected chi connectivity index (χ3v) is 3.48. The molecular formula is C15H17BrN2O. The molecule has 100 valence electrons. The number of nitrogens with one attached hydrogen (secondary N) is 1. The van der Waals surface area contributed by atoms with Gasteiger partial charge >= 0.3 is 0 Å².